The molecular weight excluding hydrogens is 686 g/mol. The van der Waals surface area contributed by atoms with Crippen molar-refractivity contribution in [3.63, 3.8) is 0 Å². The molecule has 0 aliphatic rings. The van der Waals surface area contributed by atoms with Gasteiger partial charge in [-0.05, 0) is 87.7 Å². The Hall–Kier alpha value is -3.66. The van der Waals surface area contributed by atoms with Crippen molar-refractivity contribution in [2.75, 3.05) is 10.8 Å². The summed E-state index contributed by atoms with van der Waals surface area (Å²) < 4.78 is 30.5. The van der Waals surface area contributed by atoms with Crippen LogP contribution in [-0.2, 0) is 32.6 Å². The lowest BCUT2D eigenvalue weighted by molar-refractivity contribution is -0.140. The van der Waals surface area contributed by atoms with Crippen LogP contribution in [0.2, 0.25) is 5.02 Å². The Morgan fingerprint density at radius 2 is 1.48 bits per heavy atom. The van der Waals surface area contributed by atoms with Crippen molar-refractivity contribution in [3.05, 3.63) is 129 Å². The molecule has 242 valence electrons. The Balaban J connectivity index is 1.84. The predicted molar refractivity (Wildman–Crippen MR) is 188 cm³/mol. The molecule has 46 heavy (non-hydrogen) atoms. The molecule has 0 radical (unpaired) electrons. The van der Waals surface area contributed by atoms with Gasteiger partial charge in [-0.1, -0.05) is 93.8 Å². The van der Waals surface area contributed by atoms with E-state index in [0.717, 1.165) is 25.5 Å². The molecule has 0 aromatic heterocycles. The number of nitrogens with one attached hydrogen (secondary N) is 1. The van der Waals surface area contributed by atoms with E-state index in [0.29, 0.717) is 10.6 Å². The highest BCUT2D eigenvalue weighted by molar-refractivity contribution is 9.10. The Bertz CT molecular complexity index is 1780. The summed E-state index contributed by atoms with van der Waals surface area (Å²) in [7, 11) is -4.23. The molecule has 0 saturated heterocycles. The number of rotatable bonds is 11. The second-order valence-electron chi connectivity index (χ2n) is 12.3. The number of sulfonamides is 1. The van der Waals surface area contributed by atoms with Crippen LogP contribution in [0.5, 0.6) is 0 Å². The molecule has 0 heterocycles. The van der Waals surface area contributed by atoms with Crippen molar-refractivity contribution in [1.29, 1.82) is 0 Å². The van der Waals surface area contributed by atoms with Gasteiger partial charge in [0.15, 0.2) is 0 Å². The molecule has 0 fully saturated rings. The summed E-state index contributed by atoms with van der Waals surface area (Å²) in [6, 6.07) is 27.4. The maximum Gasteiger partial charge on any atom is 0.264 e. The number of benzene rings is 4. The standard InChI is InChI=1S/C36H39BrClN3O4S/c1-25-14-20-30(21-15-25)46(44,45)41(32-13-9-12-31(38)26(32)2)24-34(42)40(23-28-16-18-29(37)19-17-28)33(35(43)39-36(3,4)5)22-27-10-7-6-8-11-27/h6-21,33H,22-24H2,1-5H3,(H,39,43)/t33-/m1/s1. The number of hydrogen-bond acceptors (Lipinski definition) is 4. The molecule has 1 atom stereocenters. The lowest BCUT2D eigenvalue weighted by atomic mass is 10.0. The maximum absolute atomic E-state index is 14.6. The molecular formula is C36H39BrClN3O4S. The zero-order valence-corrected chi connectivity index (χ0v) is 29.8. The second-order valence-corrected chi connectivity index (χ2v) is 15.5. The lowest BCUT2D eigenvalue weighted by Gasteiger charge is -2.35. The first-order chi connectivity index (χ1) is 21.7. The van der Waals surface area contributed by atoms with E-state index in [1.165, 1.54) is 17.0 Å². The third-order valence-electron chi connectivity index (χ3n) is 7.43. The summed E-state index contributed by atoms with van der Waals surface area (Å²) >= 11 is 9.92. The summed E-state index contributed by atoms with van der Waals surface area (Å²) in [4.78, 5) is 30.1. The van der Waals surface area contributed by atoms with E-state index in [4.69, 9.17) is 11.6 Å². The van der Waals surface area contributed by atoms with Gasteiger partial charge in [-0.2, -0.15) is 0 Å². The minimum atomic E-state index is -4.23. The van der Waals surface area contributed by atoms with Gasteiger partial charge in [0.2, 0.25) is 11.8 Å². The minimum absolute atomic E-state index is 0.0380. The topological polar surface area (TPSA) is 86.8 Å². The molecule has 4 aromatic carbocycles. The highest BCUT2D eigenvalue weighted by Crippen LogP contribution is 2.31. The molecule has 0 bridgehead atoms. The predicted octanol–water partition coefficient (Wildman–Crippen LogP) is 7.47. The molecule has 2 amide bonds. The molecule has 0 saturated carbocycles. The quantitative estimate of drug-likeness (QED) is 0.174. The van der Waals surface area contributed by atoms with Crippen molar-refractivity contribution >= 4 is 55.1 Å². The minimum Gasteiger partial charge on any atom is -0.350 e. The SMILES string of the molecule is Cc1ccc(S(=O)(=O)N(CC(=O)N(Cc2ccc(Br)cc2)[C@H](Cc2ccccc2)C(=O)NC(C)(C)C)c2cccc(Cl)c2C)cc1. The van der Waals surface area contributed by atoms with E-state index < -0.39 is 34.1 Å². The van der Waals surface area contributed by atoms with E-state index in [2.05, 4.69) is 21.2 Å². The fourth-order valence-corrected chi connectivity index (χ4v) is 6.92. The first-order valence-corrected chi connectivity index (χ1v) is 17.5. The van der Waals surface area contributed by atoms with E-state index in [-0.39, 0.29) is 29.5 Å². The van der Waals surface area contributed by atoms with Crippen molar-refractivity contribution in [2.24, 2.45) is 0 Å². The first-order valence-electron chi connectivity index (χ1n) is 14.9. The van der Waals surface area contributed by atoms with Crippen LogP contribution in [0.15, 0.2) is 106 Å². The number of nitrogens with zero attached hydrogens (tertiary/aromatic N) is 2. The zero-order chi connectivity index (χ0) is 33.6. The Morgan fingerprint density at radius 3 is 2.09 bits per heavy atom. The van der Waals surface area contributed by atoms with Gasteiger partial charge in [-0.25, -0.2) is 8.42 Å². The Morgan fingerprint density at radius 1 is 0.848 bits per heavy atom. The molecule has 0 aliphatic heterocycles. The number of carbonyl (C=O) groups excluding carboxylic acids is 2. The monoisotopic (exact) mass is 723 g/mol. The zero-order valence-electron chi connectivity index (χ0n) is 26.6. The molecule has 7 nitrogen and oxygen atoms in total. The van der Waals surface area contributed by atoms with E-state index in [1.807, 2.05) is 82.3 Å². The third kappa shape index (κ3) is 8.99. The number of carbonyl (C=O) groups is 2. The number of aryl methyl sites for hydroxylation is 1. The summed E-state index contributed by atoms with van der Waals surface area (Å²) in [6.07, 6.45) is 0.228. The highest BCUT2D eigenvalue weighted by atomic mass is 79.9. The molecule has 0 spiro atoms. The summed E-state index contributed by atoms with van der Waals surface area (Å²) in [6.45, 7) is 8.74. The average Bonchev–Trinajstić information content (AvgIpc) is 3.00. The van der Waals surface area contributed by atoms with Gasteiger partial charge in [0, 0.05) is 28.0 Å². The fourth-order valence-electron chi connectivity index (χ4n) is 5.01. The van der Waals surface area contributed by atoms with Crippen LogP contribution in [-0.4, -0.2) is 43.3 Å². The van der Waals surface area contributed by atoms with Crippen LogP contribution in [0.1, 0.15) is 43.0 Å². The van der Waals surface area contributed by atoms with Gasteiger partial charge < -0.3 is 10.2 Å². The van der Waals surface area contributed by atoms with Gasteiger partial charge in [0.05, 0.1) is 10.6 Å². The Labute approximate surface area is 285 Å². The van der Waals surface area contributed by atoms with Crippen LogP contribution in [0.25, 0.3) is 0 Å². The lowest BCUT2D eigenvalue weighted by Crippen LogP contribution is -2.56. The van der Waals surface area contributed by atoms with Crippen molar-refractivity contribution in [2.45, 2.75) is 64.1 Å². The largest absolute Gasteiger partial charge is 0.350 e. The normalized spacial score (nSPS) is 12.3. The number of amides is 2. The molecule has 0 unspecified atom stereocenters. The molecule has 1 N–H and O–H groups in total. The maximum atomic E-state index is 14.6. The van der Waals surface area contributed by atoms with E-state index in [9.17, 15) is 18.0 Å². The highest BCUT2D eigenvalue weighted by Gasteiger charge is 2.36. The van der Waals surface area contributed by atoms with Gasteiger partial charge >= 0.3 is 0 Å². The first kappa shape index (κ1) is 35.2. The van der Waals surface area contributed by atoms with Gasteiger partial charge in [0.25, 0.3) is 10.0 Å². The molecule has 4 aromatic rings. The summed E-state index contributed by atoms with van der Waals surface area (Å²) in [5.41, 5.74) is 2.76. The van der Waals surface area contributed by atoms with Crippen LogP contribution in [0.3, 0.4) is 0 Å². The smallest absolute Gasteiger partial charge is 0.264 e. The van der Waals surface area contributed by atoms with Crippen molar-refractivity contribution in [3.8, 4) is 0 Å². The van der Waals surface area contributed by atoms with Crippen molar-refractivity contribution in [1.82, 2.24) is 10.2 Å². The van der Waals surface area contributed by atoms with E-state index >= 15 is 0 Å². The molecule has 4 rings (SSSR count). The molecule has 0 aliphatic carbocycles. The second kappa shape index (κ2) is 14.8. The summed E-state index contributed by atoms with van der Waals surface area (Å²) in [5, 5.41) is 3.41. The third-order valence-corrected chi connectivity index (χ3v) is 10.1. The number of hydrogen-bond donors (Lipinski definition) is 1. The Kier molecular flexibility index (Phi) is 11.4. The van der Waals surface area contributed by atoms with Crippen LogP contribution < -0.4 is 9.62 Å². The van der Waals surface area contributed by atoms with Gasteiger partial charge in [-0.15, -0.1) is 0 Å². The molecule has 10 heteroatoms. The van der Waals surface area contributed by atoms with Crippen LogP contribution in [0, 0.1) is 13.8 Å². The fraction of sp³-hybridized carbons (Fsp3) is 0.278. The number of anilines is 1. The van der Waals surface area contributed by atoms with Crippen LogP contribution in [0.4, 0.5) is 5.69 Å². The summed E-state index contributed by atoms with van der Waals surface area (Å²) in [5.74, 6) is -0.878. The van der Waals surface area contributed by atoms with Crippen LogP contribution >= 0.6 is 27.5 Å². The van der Waals surface area contributed by atoms with E-state index in [1.54, 1.807) is 37.3 Å². The average molecular weight is 725 g/mol. The van der Waals surface area contributed by atoms with Crippen molar-refractivity contribution < 1.29 is 18.0 Å². The van der Waals surface area contributed by atoms with Gasteiger partial charge in [0.1, 0.15) is 12.6 Å². The number of halogens is 2. The van der Waals surface area contributed by atoms with Gasteiger partial charge in [-0.3, -0.25) is 13.9 Å².